The van der Waals surface area contributed by atoms with Crippen molar-refractivity contribution in [2.75, 3.05) is 26.2 Å². The molecule has 1 fully saturated rings. The Bertz CT molecular complexity index is 366. The second-order valence-electron chi connectivity index (χ2n) is 5.41. The SMILES string of the molecule is CCCNCC1CCCN(Cc2nc(CC)no2)C1. The van der Waals surface area contributed by atoms with Gasteiger partial charge < -0.3 is 9.84 Å². The lowest BCUT2D eigenvalue weighted by molar-refractivity contribution is 0.148. The largest absolute Gasteiger partial charge is 0.338 e. The summed E-state index contributed by atoms with van der Waals surface area (Å²) in [6.07, 6.45) is 4.65. The standard InChI is InChI=1S/C14H26N4O/c1-3-7-15-9-12-6-5-8-18(10-12)11-14-16-13(4-2)17-19-14/h12,15H,3-11H2,1-2H3. The second-order valence-corrected chi connectivity index (χ2v) is 5.41. The first-order chi connectivity index (χ1) is 9.31. The fraction of sp³-hybridized carbons (Fsp3) is 0.857. The summed E-state index contributed by atoms with van der Waals surface area (Å²) < 4.78 is 5.27. The van der Waals surface area contributed by atoms with E-state index in [0.29, 0.717) is 0 Å². The molecule has 0 radical (unpaired) electrons. The third-order valence-corrected chi connectivity index (χ3v) is 3.65. The molecule has 0 bridgehead atoms. The first kappa shape index (κ1) is 14.5. The molecule has 1 aliphatic heterocycles. The van der Waals surface area contributed by atoms with Crippen molar-refractivity contribution in [3.8, 4) is 0 Å². The van der Waals surface area contributed by atoms with Gasteiger partial charge in [0.2, 0.25) is 5.89 Å². The molecular weight excluding hydrogens is 240 g/mol. The van der Waals surface area contributed by atoms with Crippen molar-refractivity contribution in [3.63, 3.8) is 0 Å². The van der Waals surface area contributed by atoms with E-state index in [0.717, 1.165) is 56.8 Å². The van der Waals surface area contributed by atoms with Crippen molar-refractivity contribution in [1.29, 1.82) is 0 Å². The zero-order valence-electron chi connectivity index (χ0n) is 12.2. The third kappa shape index (κ3) is 4.58. The first-order valence-electron chi connectivity index (χ1n) is 7.56. The monoisotopic (exact) mass is 266 g/mol. The van der Waals surface area contributed by atoms with Gasteiger partial charge in [-0.3, -0.25) is 4.90 Å². The molecule has 1 aliphatic rings. The summed E-state index contributed by atoms with van der Waals surface area (Å²) in [7, 11) is 0. The first-order valence-corrected chi connectivity index (χ1v) is 7.56. The van der Waals surface area contributed by atoms with Crippen LogP contribution in [0.1, 0.15) is 44.8 Å². The molecule has 2 rings (SSSR count). The summed E-state index contributed by atoms with van der Waals surface area (Å²) in [6, 6.07) is 0. The molecule has 5 heteroatoms. The second kappa shape index (κ2) is 7.60. The van der Waals surface area contributed by atoms with Gasteiger partial charge in [-0.1, -0.05) is 19.0 Å². The average Bonchev–Trinajstić information content (AvgIpc) is 2.87. The molecule has 108 valence electrons. The van der Waals surface area contributed by atoms with Gasteiger partial charge in [-0.05, 0) is 44.8 Å². The summed E-state index contributed by atoms with van der Waals surface area (Å²) in [5, 5.41) is 7.48. The zero-order chi connectivity index (χ0) is 13.5. The number of hydrogen-bond acceptors (Lipinski definition) is 5. The molecule has 19 heavy (non-hydrogen) atoms. The van der Waals surface area contributed by atoms with Crippen LogP contribution in [-0.2, 0) is 13.0 Å². The highest BCUT2D eigenvalue weighted by molar-refractivity contribution is 4.87. The normalized spacial score (nSPS) is 20.8. The summed E-state index contributed by atoms with van der Waals surface area (Å²) in [5.41, 5.74) is 0. The summed E-state index contributed by atoms with van der Waals surface area (Å²) in [6.45, 7) is 9.60. The fourth-order valence-corrected chi connectivity index (χ4v) is 2.63. The molecule has 0 spiro atoms. The lowest BCUT2D eigenvalue weighted by Gasteiger charge is -2.31. The minimum atomic E-state index is 0.758. The molecule has 1 aromatic heterocycles. The number of aryl methyl sites for hydroxylation is 1. The third-order valence-electron chi connectivity index (χ3n) is 3.65. The molecule has 0 aromatic carbocycles. The topological polar surface area (TPSA) is 54.2 Å². The van der Waals surface area contributed by atoms with Crippen LogP contribution in [0.4, 0.5) is 0 Å². The smallest absolute Gasteiger partial charge is 0.240 e. The molecule has 5 nitrogen and oxygen atoms in total. The zero-order valence-corrected chi connectivity index (χ0v) is 12.2. The Kier molecular flexibility index (Phi) is 5.79. The Morgan fingerprint density at radius 3 is 3.05 bits per heavy atom. The van der Waals surface area contributed by atoms with Gasteiger partial charge >= 0.3 is 0 Å². The molecule has 2 heterocycles. The Hall–Kier alpha value is -0.940. The lowest BCUT2D eigenvalue weighted by Crippen LogP contribution is -2.39. The van der Waals surface area contributed by atoms with Crippen molar-refractivity contribution in [2.45, 2.75) is 46.1 Å². The minimum Gasteiger partial charge on any atom is -0.338 e. The average molecular weight is 266 g/mol. The molecule has 0 aliphatic carbocycles. The van der Waals surface area contributed by atoms with Crippen LogP contribution < -0.4 is 5.32 Å². The fourth-order valence-electron chi connectivity index (χ4n) is 2.63. The van der Waals surface area contributed by atoms with Crippen LogP contribution in [0.25, 0.3) is 0 Å². The highest BCUT2D eigenvalue weighted by Gasteiger charge is 2.21. The molecule has 0 saturated carbocycles. The molecule has 1 atom stereocenters. The van der Waals surface area contributed by atoms with Crippen molar-refractivity contribution < 1.29 is 4.52 Å². The van der Waals surface area contributed by atoms with E-state index in [1.807, 2.05) is 6.92 Å². The van der Waals surface area contributed by atoms with Crippen LogP contribution >= 0.6 is 0 Å². The van der Waals surface area contributed by atoms with Crippen molar-refractivity contribution >= 4 is 0 Å². The molecular formula is C14H26N4O. The predicted octanol–water partition coefficient (Wildman–Crippen LogP) is 1.84. The Balaban J connectivity index is 1.77. The van der Waals surface area contributed by atoms with Crippen molar-refractivity contribution in [3.05, 3.63) is 11.7 Å². The van der Waals surface area contributed by atoms with Crippen LogP contribution in [0.2, 0.25) is 0 Å². The highest BCUT2D eigenvalue weighted by Crippen LogP contribution is 2.17. The van der Waals surface area contributed by atoms with E-state index in [9.17, 15) is 0 Å². The molecule has 1 saturated heterocycles. The van der Waals surface area contributed by atoms with E-state index in [1.54, 1.807) is 0 Å². The van der Waals surface area contributed by atoms with Crippen LogP contribution in [0, 0.1) is 5.92 Å². The van der Waals surface area contributed by atoms with E-state index >= 15 is 0 Å². The quantitative estimate of drug-likeness (QED) is 0.763. The van der Waals surface area contributed by atoms with Gasteiger partial charge in [-0.25, -0.2) is 0 Å². The van der Waals surface area contributed by atoms with E-state index in [-0.39, 0.29) is 0 Å². The van der Waals surface area contributed by atoms with Crippen molar-refractivity contribution in [2.24, 2.45) is 5.92 Å². The molecule has 1 N–H and O–H groups in total. The maximum atomic E-state index is 5.27. The lowest BCUT2D eigenvalue weighted by atomic mass is 9.98. The van der Waals surface area contributed by atoms with Crippen LogP contribution in [0.3, 0.4) is 0 Å². The number of nitrogens with zero attached hydrogens (tertiary/aromatic N) is 3. The minimum absolute atomic E-state index is 0.758. The van der Waals surface area contributed by atoms with Crippen molar-refractivity contribution in [1.82, 2.24) is 20.4 Å². The summed E-state index contributed by atoms with van der Waals surface area (Å²) in [5.74, 6) is 2.33. The predicted molar refractivity (Wildman–Crippen MR) is 74.8 cm³/mol. The number of nitrogens with one attached hydrogen (secondary N) is 1. The van der Waals surface area contributed by atoms with Crippen LogP contribution in [0.15, 0.2) is 4.52 Å². The van der Waals surface area contributed by atoms with Gasteiger partial charge in [0.1, 0.15) is 0 Å². The van der Waals surface area contributed by atoms with Crippen LogP contribution in [-0.4, -0.2) is 41.2 Å². The maximum absolute atomic E-state index is 5.27. The van der Waals surface area contributed by atoms with E-state index in [4.69, 9.17) is 4.52 Å². The van der Waals surface area contributed by atoms with E-state index in [2.05, 4.69) is 27.3 Å². The number of likely N-dealkylation sites (tertiary alicyclic amines) is 1. The molecule has 1 unspecified atom stereocenters. The Morgan fingerprint density at radius 2 is 2.32 bits per heavy atom. The van der Waals surface area contributed by atoms with Gasteiger partial charge in [0.25, 0.3) is 0 Å². The number of rotatable bonds is 7. The maximum Gasteiger partial charge on any atom is 0.240 e. The van der Waals surface area contributed by atoms with Crippen LogP contribution in [0.5, 0.6) is 0 Å². The van der Waals surface area contributed by atoms with Gasteiger partial charge in [-0.15, -0.1) is 0 Å². The van der Waals surface area contributed by atoms with Gasteiger partial charge in [0, 0.05) is 13.0 Å². The molecule has 1 aromatic rings. The number of piperidine rings is 1. The summed E-state index contributed by atoms with van der Waals surface area (Å²) >= 11 is 0. The van der Waals surface area contributed by atoms with Gasteiger partial charge in [0.15, 0.2) is 5.82 Å². The van der Waals surface area contributed by atoms with E-state index < -0.39 is 0 Å². The number of aromatic nitrogens is 2. The summed E-state index contributed by atoms with van der Waals surface area (Å²) in [4.78, 5) is 6.83. The Morgan fingerprint density at radius 1 is 1.42 bits per heavy atom. The Labute approximate surface area is 115 Å². The highest BCUT2D eigenvalue weighted by atomic mass is 16.5. The van der Waals surface area contributed by atoms with E-state index in [1.165, 1.54) is 19.3 Å². The van der Waals surface area contributed by atoms with Gasteiger partial charge in [0.05, 0.1) is 6.54 Å². The number of hydrogen-bond donors (Lipinski definition) is 1. The van der Waals surface area contributed by atoms with Gasteiger partial charge in [-0.2, -0.15) is 4.98 Å². The molecule has 0 amide bonds.